The molecule has 118 valence electrons. The molecule has 5 nitrogen and oxygen atoms in total. The molecule has 0 aliphatic rings. The molecule has 0 aromatic heterocycles. The smallest absolute Gasteiger partial charge is 0.241 e. The van der Waals surface area contributed by atoms with E-state index in [1.807, 2.05) is 0 Å². The summed E-state index contributed by atoms with van der Waals surface area (Å²) in [6.45, 7) is 6.82. The SMILES string of the molecule is CCN(C)C(=O)C(C)NS(=O)(=O)c1c(C)cc(F)cc1C. The predicted molar refractivity (Wildman–Crippen MR) is 79.0 cm³/mol. The molecule has 1 atom stereocenters. The number of hydrogen-bond acceptors (Lipinski definition) is 3. The first kappa shape index (κ1) is 17.6. The van der Waals surface area contributed by atoms with Crippen LogP contribution in [0.3, 0.4) is 0 Å². The quantitative estimate of drug-likeness (QED) is 0.897. The molecule has 1 N–H and O–H groups in total. The molecule has 1 aromatic carbocycles. The van der Waals surface area contributed by atoms with Gasteiger partial charge in [-0.3, -0.25) is 4.79 Å². The Bertz CT molecular complexity index is 621. The third-order valence-electron chi connectivity index (χ3n) is 3.25. The van der Waals surface area contributed by atoms with Gasteiger partial charge in [-0.1, -0.05) is 0 Å². The summed E-state index contributed by atoms with van der Waals surface area (Å²) < 4.78 is 40.4. The normalized spacial score (nSPS) is 13.0. The van der Waals surface area contributed by atoms with Gasteiger partial charge in [0.15, 0.2) is 0 Å². The van der Waals surface area contributed by atoms with Crippen molar-refractivity contribution in [1.82, 2.24) is 9.62 Å². The highest BCUT2D eigenvalue weighted by atomic mass is 32.2. The summed E-state index contributed by atoms with van der Waals surface area (Å²) in [6, 6.07) is 1.43. The van der Waals surface area contributed by atoms with Crippen molar-refractivity contribution in [3.8, 4) is 0 Å². The van der Waals surface area contributed by atoms with Gasteiger partial charge in [0.05, 0.1) is 10.9 Å². The van der Waals surface area contributed by atoms with Crippen molar-refractivity contribution in [2.45, 2.75) is 38.6 Å². The second-order valence-electron chi connectivity index (χ2n) is 5.06. The topological polar surface area (TPSA) is 66.5 Å². The summed E-state index contributed by atoms with van der Waals surface area (Å²) in [5.74, 6) is -0.808. The largest absolute Gasteiger partial charge is 0.345 e. The molecule has 1 rings (SSSR count). The van der Waals surface area contributed by atoms with E-state index in [1.165, 1.54) is 25.7 Å². The van der Waals surface area contributed by atoms with Crippen LogP contribution in [0.15, 0.2) is 17.0 Å². The number of benzene rings is 1. The molecule has 7 heteroatoms. The Hall–Kier alpha value is -1.47. The summed E-state index contributed by atoms with van der Waals surface area (Å²) in [5.41, 5.74) is 0.618. The lowest BCUT2D eigenvalue weighted by atomic mass is 10.1. The van der Waals surface area contributed by atoms with E-state index in [1.54, 1.807) is 14.0 Å². The minimum absolute atomic E-state index is 0.0164. The zero-order valence-electron chi connectivity index (χ0n) is 12.9. The molecular weight excluding hydrogens is 295 g/mol. The van der Waals surface area contributed by atoms with Gasteiger partial charge in [0.2, 0.25) is 15.9 Å². The maximum Gasteiger partial charge on any atom is 0.241 e. The van der Waals surface area contributed by atoms with Crippen LogP contribution in [-0.4, -0.2) is 38.9 Å². The number of carbonyl (C=O) groups excluding carboxylic acids is 1. The third kappa shape index (κ3) is 4.01. The maximum absolute atomic E-state index is 13.3. The Morgan fingerprint density at radius 1 is 1.33 bits per heavy atom. The molecule has 0 heterocycles. The minimum atomic E-state index is -3.89. The number of amides is 1. The van der Waals surface area contributed by atoms with Gasteiger partial charge in [0, 0.05) is 13.6 Å². The van der Waals surface area contributed by atoms with Crippen molar-refractivity contribution in [2.75, 3.05) is 13.6 Å². The van der Waals surface area contributed by atoms with E-state index in [9.17, 15) is 17.6 Å². The van der Waals surface area contributed by atoms with Crippen LogP contribution in [0, 0.1) is 19.7 Å². The molecule has 0 aliphatic carbocycles. The van der Waals surface area contributed by atoms with E-state index < -0.39 is 21.9 Å². The van der Waals surface area contributed by atoms with Crippen LogP contribution in [0.25, 0.3) is 0 Å². The fourth-order valence-corrected chi connectivity index (χ4v) is 3.80. The Balaban J connectivity index is 3.11. The number of halogens is 1. The number of rotatable bonds is 5. The molecule has 0 radical (unpaired) electrons. The molecule has 1 aromatic rings. The van der Waals surface area contributed by atoms with Crippen molar-refractivity contribution in [3.63, 3.8) is 0 Å². The second-order valence-corrected chi connectivity index (χ2v) is 6.71. The van der Waals surface area contributed by atoms with Gasteiger partial charge in [-0.15, -0.1) is 0 Å². The van der Waals surface area contributed by atoms with Gasteiger partial charge in [-0.05, 0) is 51.0 Å². The molecule has 21 heavy (non-hydrogen) atoms. The van der Waals surface area contributed by atoms with Crippen molar-refractivity contribution >= 4 is 15.9 Å². The zero-order chi connectivity index (χ0) is 16.4. The molecule has 0 spiro atoms. The summed E-state index contributed by atoms with van der Waals surface area (Å²) in [5, 5.41) is 0. The van der Waals surface area contributed by atoms with E-state index in [-0.39, 0.29) is 10.8 Å². The molecule has 0 saturated heterocycles. The Morgan fingerprint density at radius 3 is 2.24 bits per heavy atom. The molecule has 0 aliphatic heterocycles. The number of likely N-dealkylation sites (N-methyl/N-ethyl adjacent to an activating group) is 1. The lowest BCUT2D eigenvalue weighted by molar-refractivity contribution is -0.131. The van der Waals surface area contributed by atoms with Gasteiger partial charge in [-0.25, -0.2) is 12.8 Å². The van der Waals surface area contributed by atoms with Crippen LogP contribution in [0.2, 0.25) is 0 Å². The highest BCUT2D eigenvalue weighted by molar-refractivity contribution is 7.89. The van der Waals surface area contributed by atoms with E-state index in [4.69, 9.17) is 0 Å². The molecule has 0 fully saturated rings. The number of nitrogens with zero attached hydrogens (tertiary/aromatic N) is 1. The van der Waals surface area contributed by atoms with Crippen molar-refractivity contribution < 1.29 is 17.6 Å². The minimum Gasteiger partial charge on any atom is -0.345 e. The molecule has 1 unspecified atom stereocenters. The summed E-state index contributed by atoms with van der Waals surface area (Å²) >= 11 is 0. The summed E-state index contributed by atoms with van der Waals surface area (Å²) in [4.78, 5) is 13.4. The van der Waals surface area contributed by atoms with Crippen LogP contribution >= 0.6 is 0 Å². The maximum atomic E-state index is 13.3. The fourth-order valence-electron chi connectivity index (χ4n) is 2.15. The number of carbonyl (C=O) groups is 1. The number of nitrogens with one attached hydrogen (secondary N) is 1. The van der Waals surface area contributed by atoms with Gasteiger partial charge < -0.3 is 4.90 Å². The molecule has 0 bridgehead atoms. The molecule has 0 saturated carbocycles. The van der Waals surface area contributed by atoms with Crippen LogP contribution in [0.4, 0.5) is 4.39 Å². The van der Waals surface area contributed by atoms with Gasteiger partial charge >= 0.3 is 0 Å². The first-order chi connectivity index (χ1) is 9.60. The number of hydrogen-bond donors (Lipinski definition) is 1. The van der Waals surface area contributed by atoms with Crippen LogP contribution < -0.4 is 4.72 Å². The standard InChI is InChI=1S/C14H21FN2O3S/c1-6-17(5)14(18)11(4)16-21(19,20)13-9(2)7-12(15)8-10(13)3/h7-8,11,16H,6H2,1-5H3. The van der Waals surface area contributed by atoms with E-state index in [0.29, 0.717) is 17.7 Å². The molecular formula is C14H21FN2O3S. The Kier molecular flexibility index (Phi) is 5.47. The van der Waals surface area contributed by atoms with E-state index in [2.05, 4.69) is 4.72 Å². The first-order valence-corrected chi connectivity index (χ1v) is 8.12. The first-order valence-electron chi connectivity index (χ1n) is 6.64. The van der Waals surface area contributed by atoms with Crippen molar-refractivity contribution in [3.05, 3.63) is 29.1 Å². The predicted octanol–water partition coefficient (Wildman–Crippen LogP) is 1.59. The van der Waals surface area contributed by atoms with Crippen molar-refractivity contribution in [2.24, 2.45) is 0 Å². The van der Waals surface area contributed by atoms with Crippen LogP contribution in [0.5, 0.6) is 0 Å². The van der Waals surface area contributed by atoms with Crippen molar-refractivity contribution in [1.29, 1.82) is 0 Å². The monoisotopic (exact) mass is 316 g/mol. The number of sulfonamides is 1. The van der Waals surface area contributed by atoms with Gasteiger partial charge in [0.25, 0.3) is 0 Å². The average molecular weight is 316 g/mol. The summed E-state index contributed by atoms with van der Waals surface area (Å²) in [6.07, 6.45) is 0. The van der Waals surface area contributed by atoms with Crippen LogP contribution in [-0.2, 0) is 14.8 Å². The summed E-state index contributed by atoms with van der Waals surface area (Å²) in [7, 11) is -2.29. The average Bonchev–Trinajstić information content (AvgIpc) is 2.34. The highest BCUT2D eigenvalue weighted by Crippen LogP contribution is 2.21. The Labute approximate surface area is 125 Å². The lowest BCUT2D eigenvalue weighted by Gasteiger charge is -2.21. The Morgan fingerprint density at radius 2 is 1.81 bits per heavy atom. The fraction of sp³-hybridized carbons (Fsp3) is 0.500. The van der Waals surface area contributed by atoms with E-state index in [0.717, 1.165) is 12.1 Å². The van der Waals surface area contributed by atoms with Gasteiger partial charge in [0.1, 0.15) is 5.82 Å². The zero-order valence-corrected chi connectivity index (χ0v) is 13.7. The second kappa shape index (κ2) is 6.53. The van der Waals surface area contributed by atoms with Crippen LogP contribution in [0.1, 0.15) is 25.0 Å². The van der Waals surface area contributed by atoms with E-state index >= 15 is 0 Å². The number of aryl methyl sites for hydroxylation is 2. The van der Waals surface area contributed by atoms with Gasteiger partial charge in [-0.2, -0.15) is 4.72 Å². The molecule has 1 amide bonds. The highest BCUT2D eigenvalue weighted by Gasteiger charge is 2.26. The third-order valence-corrected chi connectivity index (χ3v) is 5.09. The lowest BCUT2D eigenvalue weighted by Crippen LogP contribution is -2.45.